The Morgan fingerprint density at radius 3 is 2.68 bits per heavy atom. The smallest absolute Gasteiger partial charge is 0.329 e. The van der Waals surface area contributed by atoms with Gasteiger partial charge in [0, 0.05) is 57.7 Å². The number of nitrogens with one attached hydrogen (secondary N) is 3. The zero-order chi connectivity index (χ0) is 43.3. The van der Waals surface area contributed by atoms with E-state index in [1.54, 1.807) is 42.2 Å². The Balaban J connectivity index is 0.771. The van der Waals surface area contributed by atoms with E-state index in [2.05, 4.69) is 54.8 Å². The lowest BCUT2D eigenvalue weighted by atomic mass is 9.86. The van der Waals surface area contributed by atoms with Crippen LogP contribution in [0.25, 0.3) is 22.5 Å². The van der Waals surface area contributed by atoms with Crippen LogP contribution in [0.5, 0.6) is 0 Å². The van der Waals surface area contributed by atoms with Crippen molar-refractivity contribution in [3.8, 4) is 23.3 Å². The number of imide groups is 1. The Kier molecular flexibility index (Phi) is 12.9. The highest BCUT2D eigenvalue weighted by molar-refractivity contribution is 6.03. The van der Waals surface area contributed by atoms with Crippen molar-refractivity contribution in [1.82, 2.24) is 39.1 Å². The molecule has 2 aliphatic carbocycles. The van der Waals surface area contributed by atoms with Crippen molar-refractivity contribution in [2.45, 2.75) is 76.3 Å². The quantitative estimate of drug-likeness (QED) is 0.0629. The highest BCUT2D eigenvalue weighted by Crippen LogP contribution is 2.36. The molecule has 3 N–H and O–H groups in total. The first-order valence-corrected chi connectivity index (χ1v) is 21.2. The molecule has 62 heavy (non-hydrogen) atoms. The number of rotatable bonds is 16. The van der Waals surface area contributed by atoms with Crippen LogP contribution in [0.15, 0.2) is 58.2 Å². The van der Waals surface area contributed by atoms with Gasteiger partial charge in [-0.2, -0.15) is 5.10 Å². The second-order valence-electron chi connectivity index (χ2n) is 16.5. The highest BCUT2D eigenvalue weighted by atomic mass is 19.3. The number of ether oxygens (including phenoxy) is 1. The van der Waals surface area contributed by atoms with E-state index >= 15 is 0 Å². The van der Waals surface area contributed by atoms with E-state index in [1.807, 2.05) is 6.07 Å². The van der Waals surface area contributed by atoms with Gasteiger partial charge in [0.2, 0.25) is 17.7 Å². The minimum Gasteiger partial charge on any atom is -0.444 e. The van der Waals surface area contributed by atoms with E-state index in [0.29, 0.717) is 46.4 Å². The second-order valence-corrected chi connectivity index (χ2v) is 16.5. The van der Waals surface area contributed by atoms with E-state index in [-0.39, 0.29) is 54.4 Å². The van der Waals surface area contributed by atoms with E-state index < -0.39 is 30.0 Å². The molecule has 4 aromatic heterocycles. The topological polar surface area (TPSA) is 183 Å². The number of hydrogen-bond acceptors (Lipinski definition) is 11. The fourth-order valence-electron chi connectivity index (χ4n) is 8.36. The summed E-state index contributed by atoms with van der Waals surface area (Å²) in [7, 11) is 3.72. The van der Waals surface area contributed by atoms with Gasteiger partial charge in [-0.15, -0.1) is 0 Å². The van der Waals surface area contributed by atoms with Gasteiger partial charge in [0.05, 0.1) is 28.3 Å². The number of halogens is 2. The van der Waals surface area contributed by atoms with E-state index in [9.17, 15) is 28.0 Å². The van der Waals surface area contributed by atoms with Gasteiger partial charge in [0.25, 0.3) is 12.3 Å². The van der Waals surface area contributed by atoms with Crippen LogP contribution in [0.1, 0.15) is 98.0 Å². The van der Waals surface area contributed by atoms with Crippen molar-refractivity contribution >= 4 is 40.3 Å². The zero-order valence-corrected chi connectivity index (χ0v) is 34.7. The molecule has 1 atom stereocenters. The number of benzene rings is 1. The maximum atomic E-state index is 14.1. The van der Waals surface area contributed by atoms with Gasteiger partial charge in [-0.25, -0.2) is 23.5 Å². The molecule has 5 heterocycles. The molecule has 3 amide bonds. The van der Waals surface area contributed by atoms with Gasteiger partial charge in [0.1, 0.15) is 24.7 Å². The number of aryl methyl sites for hydroxylation is 1. The summed E-state index contributed by atoms with van der Waals surface area (Å²) in [6, 6.07) is 8.08. The number of carbonyl (C=O) groups is 3. The average Bonchev–Trinajstić information content (AvgIpc) is 3.66. The molecule has 2 saturated carbocycles. The molecule has 1 saturated heterocycles. The Hall–Kier alpha value is -6.19. The van der Waals surface area contributed by atoms with E-state index in [1.165, 1.54) is 34.4 Å². The molecule has 18 heteroatoms. The number of piperidine rings is 1. The first-order chi connectivity index (χ1) is 30.0. The molecule has 1 aromatic carbocycles. The molecule has 326 valence electrons. The second kappa shape index (κ2) is 18.8. The third-order valence-electron chi connectivity index (χ3n) is 11.8. The Labute approximate surface area is 356 Å². The molecule has 0 spiro atoms. The molecule has 1 aliphatic heterocycles. The largest absolute Gasteiger partial charge is 0.444 e. The number of fused-ring (bicyclic) bond motifs is 1. The number of amides is 3. The predicted octanol–water partition coefficient (Wildman–Crippen LogP) is 5.70. The minimum absolute atomic E-state index is 0.0383. The van der Waals surface area contributed by atoms with Gasteiger partial charge >= 0.3 is 5.69 Å². The van der Waals surface area contributed by atoms with Crippen molar-refractivity contribution in [3.63, 3.8) is 0 Å². The van der Waals surface area contributed by atoms with E-state index in [0.717, 1.165) is 51.7 Å². The van der Waals surface area contributed by atoms with Crippen LogP contribution in [-0.4, -0.2) is 91.4 Å². The van der Waals surface area contributed by atoms with Crippen molar-refractivity contribution < 1.29 is 32.3 Å². The summed E-state index contributed by atoms with van der Waals surface area (Å²) >= 11 is 0. The number of anilines is 2. The Bertz CT molecular complexity index is 2560. The number of alkyl halides is 2. The highest BCUT2D eigenvalue weighted by Gasteiger charge is 2.32. The lowest BCUT2D eigenvalue weighted by Gasteiger charge is -2.31. The van der Waals surface area contributed by atoms with Gasteiger partial charge in [0.15, 0.2) is 11.4 Å². The number of nitrogens with zero attached hydrogens (tertiary/aromatic N) is 7. The SMILES string of the molecule is CN(CCCOCC#Cc1cccc2c1n(C)c(=O)n2C1CCC(=O)NC1=O)CC1CCC(n2cc(NC(=O)c3coc(-c4ccnc(NCC5CC5)c4)n3)c(C(F)F)n2)CC1. The Morgan fingerprint density at radius 2 is 1.90 bits per heavy atom. The van der Waals surface area contributed by atoms with Crippen LogP contribution in [0.3, 0.4) is 0 Å². The molecule has 3 aliphatic rings. The van der Waals surface area contributed by atoms with Crippen LogP contribution in [0, 0.1) is 23.7 Å². The van der Waals surface area contributed by atoms with Crippen molar-refractivity contribution in [2.75, 3.05) is 50.5 Å². The summed E-state index contributed by atoms with van der Waals surface area (Å²) in [5, 5.41) is 12.4. The summed E-state index contributed by atoms with van der Waals surface area (Å²) in [5.41, 5.74) is 1.57. The van der Waals surface area contributed by atoms with Crippen LogP contribution in [-0.2, 0) is 21.4 Å². The van der Waals surface area contributed by atoms with Crippen LogP contribution < -0.4 is 21.6 Å². The fourth-order valence-corrected chi connectivity index (χ4v) is 8.36. The first kappa shape index (κ1) is 42.5. The summed E-state index contributed by atoms with van der Waals surface area (Å²) in [6.07, 6.45) is 8.48. The monoisotopic (exact) mass is 852 g/mol. The summed E-state index contributed by atoms with van der Waals surface area (Å²) in [5.74, 6) is 6.68. The molecule has 0 bridgehead atoms. The van der Waals surface area contributed by atoms with Crippen molar-refractivity contribution in [2.24, 2.45) is 18.9 Å². The van der Waals surface area contributed by atoms with Crippen molar-refractivity contribution in [3.05, 3.63) is 76.4 Å². The van der Waals surface area contributed by atoms with Gasteiger partial charge in [-0.05, 0) is 94.5 Å². The Morgan fingerprint density at radius 1 is 1.10 bits per heavy atom. The summed E-state index contributed by atoms with van der Waals surface area (Å²) in [4.78, 5) is 61.4. The summed E-state index contributed by atoms with van der Waals surface area (Å²) < 4.78 is 44.1. The maximum absolute atomic E-state index is 14.1. The molecule has 3 fully saturated rings. The lowest BCUT2D eigenvalue weighted by Crippen LogP contribution is -2.44. The van der Waals surface area contributed by atoms with Gasteiger partial charge < -0.3 is 24.7 Å². The van der Waals surface area contributed by atoms with Crippen LogP contribution in [0.2, 0.25) is 0 Å². The minimum atomic E-state index is -2.88. The molecule has 1 unspecified atom stereocenters. The number of carbonyl (C=O) groups excluding carboxylic acids is 3. The average molecular weight is 853 g/mol. The van der Waals surface area contributed by atoms with Crippen molar-refractivity contribution in [1.29, 1.82) is 0 Å². The molecular formula is C44H50F2N10O6. The number of hydrogen-bond donors (Lipinski definition) is 3. The fraction of sp³-hybridized carbons (Fsp3) is 0.477. The molecule has 16 nitrogen and oxygen atoms in total. The van der Waals surface area contributed by atoms with Gasteiger partial charge in [-0.1, -0.05) is 17.9 Å². The maximum Gasteiger partial charge on any atom is 0.329 e. The number of para-hydroxylation sites is 1. The number of oxazole rings is 1. The number of pyridine rings is 1. The molecular weight excluding hydrogens is 803 g/mol. The number of aromatic nitrogens is 6. The third kappa shape index (κ3) is 9.79. The molecule has 0 radical (unpaired) electrons. The standard InChI is InChI=1S/C44H50F2N10O6/c1-53(19-5-21-61-20-4-7-29-6-3-8-34-39(29)54(2)44(60)56(34)35-15-16-37(57)51-42(35)59)24-28-11-13-31(14-12-28)55-25-32(38(52-55)40(45)46)49-41(58)33-26-62-43(50-33)30-17-18-47-36(22-30)48-23-27-9-10-27/h3,6,8,17-18,22,25-28,31,35,40H,5,9-16,19-21,23-24H2,1-2H3,(H,47,48)(H,49,58)(H,51,57,59). The summed E-state index contributed by atoms with van der Waals surface area (Å²) in [6.45, 7) is 3.30. The van der Waals surface area contributed by atoms with Crippen LogP contribution in [0.4, 0.5) is 20.3 Å². The number of imidazole rings is 1. The molecule has 8 rings (SSSR count). The zero-order valence-electron chi connectivity index (χ0n) is 34.7. The van der Waals surface area contributed by atoms with E-state index in [4.69, 9.17) is 9.15 Å². The van der Waals surface area contributed by atoms with Gasteiger partial charge in [-0.3, -0.25) is 33.5 Å². The lowest BCUT2D eigenvalue weighted by molar-refractivity contribution is -0.135. The molecule has 5 aromatic rings. The third-order valence-corrected chi connectivity index (χ3v) is 11.8. The van der Waals surface area contributed by atoms with Crippen LogP contribution >= 0.6 is 0 Å². The first-order valence-electron chi connectivity index (χ1n) is 21.2. The predicted molar refractivity (Wildman–Crippen MR) is 225 cm³/mol. The normalized spacial score (nSPS) is 19.2.